The van der Waals surface area contributed by atoms with Crippen LogP contribution in [0, 0.1) is 5.41 Å². The molecule has 0 radical (unpaired) electrons. The molecule has 1 atom stereocenters. The van der Waals surface area contributed by atoms with Gasteiger partial charge >= 0.3 is 0 Å². The number of aromatic nitrogens is 1. The number of hydrogen-bond donors (Lipinski definition) is 1. The van der Waals surface area contributed by atoms with E-state index in [0.29, 0.717) is 11.9 Å². The molecular weight excluding hydrogens is 200 g/mol. The third-order valence-electron chi connectivity index (χ3n) is 2.84. The Morgan fingerprint density at radius 2 is 2.06 bits per heavy atom. The summed E-state index contributed by atoms with van der Waals surface area (Å²) in [5.74, 6) is 0.667. The Labute approximate surface area is 98.2 Å². The fraction of sp³-hybridized carbons (Fsp3) is 0.615. The minimum absolute atomic E-state index is 0.245. The molecule has 0 bridgehead atoms. The average molecular weight is 222 g/mol. The lowest BCUT2D eigenvalue weighted by Crippen LogP contribution is -2.39. The number of pyridine rings is 1. The number of nitrogens with zero attached hydrogens (tertiary/aromatic N) is 1. The molecule has 1 rings (SSSR count). The van der Waals surface area contributed by atoms with Crippen molar-refractivity contribution in [2.45, 2.75) is 33.2 Å². The number of rotatable bonds is 4. The summed E-state index contributed by atoms with van der Waals surface area (Å²) in [5, 5.41) is 3.36. The first-order chi connectivity index (χ1) is 7.47. The first-order valence-corrected chi connectivity index (χ1v) is 5.63. The van der Waals surface area contributed by atoms with Crippen molar-refractivity contribution in [3.63, 3.8) is 0 Å². The van der Waals surface area contributed by atoms with Crippen LogP contribution in [0.2, 0.25) is 0 Å². The molecule has 0 aliphatic rings. The Hall–Kier alpha value is -1.09. The Morgan fingerprint density at radius 3 is 2.44 bits per heavy atom. The lowest BCUT2D eigenvalue weighted by molar-refractivity contribution is 0.279. The highest BCUT2D eigenvalue weighted by Gasteiger charge is 2.22. The van der Waals surface area contributed by atoms with E-state index in [-0.39, 0.29) is 5.41 Å². The first kappa shape index (κ1) is 13.0. The highest BCUT2D eigenvalue weighted by molar-refractivity contribution is 5.19. The number of methoxy groups -OCH3 is 1. The third-order valence-corrected chi connectivity index (χ3v) is 2.84. The van der Waals surface area contributed by atoms with Crippen molar-refractivity contribution in [1.82, 2.24) is 10.3 Å². The monoisotopic (exact) mass is 222 g/mol. The predicted octanol–water partition coefficient (Wildman–Crippen LogP) is 2.27. The lowest BCUT2D eigenvalue weighted by Gasteiger charge is -2.30. The van der Waals surface area contributed by atoms with Crippen LogP contribution < -0.4 is 10.1 Å². The van der Waals surface area contributed by atoms with Crippen LogP contribution in [-0.2, 0) is 6.42 Å². The molecule has 0 aliphatic heterocycles. The van der Waals surface area contributed by atoms with Crippen molar-refractivity contribution in [1.29, 1.82) is 0 Å². The average Bonchev–Trinajstić information content (AvgIpc) is 2.25. The van der Waals surface area contributed by atoms with E-state index in [9.17, 15) is 0 Å². The van der Waals surface area contributed by atoms with Gasteiger partial charge in [0, 0.05) is 18.3 Å². The number of nitrogens with one attached hydrogen (secondary N) is 1. The fourth-order valence-corrected chi connectivity index (χ4v) is 1.73. The summed E-state index contributed by atoms with van der Waals surface area (Å²) in [4.78, 5) is 4.22. The topological polar surface area (TPSA) is 34.1 Å². The van der Waals surface area contributed by atoms with Crippen LogP contribution in [-0.4, -0.2) is 25.2 Å². The van der Waals surface area contributed by atoms with Gasteiger partial charge in [-0.05, 0) is 24.4 Å². The molecule has 1 aromatic rings. The molecule has 1 heterocycles. The fourth-order valence-electron chi connectivity index (χ4n) is 1.73. The van der Waals surface area contributed by atoms with Crippen LogP contribution in [0.1, 0.15) is 26.3 Å². The maximum atomic E-state index is 5.04. The maximum Gasteiger partial charge on any atom is 0.212 e. The quantitative estimate of drug-likeness (QED) is 0.848. The molecule has 0 amide bonds. The standard InChI is InChI=1S/C13H22N2O/c1-13(2,3)11(14-4)8-10-6-7-12(16-5)15-9-10/h6-7,9,11,14H,8H2,1-5H3. The van der Waals surface area contributed by atoms with Crippen molar-refractivity contribution in [3.8, 4) is 5.88 Å². The summed E-state index contributed by atoms with van der Waals surface area (Å²) in [5.41, 5.74) is 1.48. The maximum absolute atomic E-state index is 5.04. The molecule has 3 heteroatoms. The SMILES string of the molecule is CNC(Cc1ccc(OC)nc1)C(C)(C)C. The van der Waals surface area contributed by atoms with E-state index in [0.717, 1.165) is 6.42 Å². The van der Waals surface area contributed by atoms with Gasteiger partial charge in [-0.3, -0.25) is 0 Å². The predicted molar refractivity (Wildman–Crippen MR) is 66.8 cm³/mol. The van der Waals surface area contributed by atoms with Gasteiger partial charge in [0.2, 0.25) is 5.88 Å². The van der Waals surface area contributed by atoms with Crippen molar-refractivity contribution in [3.05, 3.63) is 23.9 Å². The van der Waals surface area contributed by atoms with Gasteiger partial charge in [0.05, 0.1) is 7.11 Å². The van der Waals surface area contributed by atoms with Crippen molar-refractivity contribution in [2.24, 2.45) is 5.41 Å². The molecule has 0 aromatic carbocycles. The summed E-state index contributed by atoms with van der Waals surface area (Å²) in [6, 6.07) is 4.43. The van der Waals surface area contributed by atoms with Gasteiger partial charge in [-0.1, -0.05) is 26.8 Å². The van der Waals surface area contributed by atoms with Crippen LogP contribution in [0.5, 0.6) is 5.88 Å². The van der Waals surface area contributed by atoms with E-state index in [2.05, 4.69) is 37.1 Å². The molecule has 0 aliphatic carbocycles. The molecule has 0 saturated heterocycles. The van der Waals surface area contributed by atoms with Gasteiger partial charge in [-0.15, -0.1) is 0 Å². The minimum Gasteiger partial charge on any atom is -0.481 e. The normalized spacial score (nSPS) is 13.6. The van der Waals surface area contributed by atoms with E-state index >= 15 is 0 Å². The Morgan fingerprint density at radius 1 is 1.38 bits per heavy atom. The zero-order chi connectivity index (χ0) is 12.2. The molecule has 1 N–H and O–H groups in total. The Balaban J connectivity index is 2.71. The zero-order valence-corrected chi connectivity index (χ0v) is 10.9. The van der Waals surface area contributed by atoms with Gasteiger partial charge in [-0.25, -0.2) is 4.98 Å². The summed E-state index contributed by atoms with van der Waals surface area (Å²) >= 11 is 0. The molecule has 3 nitrogen and oxygen atoms in total. The van der Waals surface area contributed by atoms with Gasteiger partial charge in [0.1, 0.15) is 0 Å². The van der Waals surface area contributed by atoms with Gasteiger partial charge in [0.15, 0.2) is 0 Å². The summed E-state index contributed by atoms with van der Waals surface area (Å²) in [6.45, 7) is 6.72. The molecule has 0 spiro atoms. The number of hydrogen-bond acceptors (Lipinski definition) is 3. The smallest absolute Gasteiger partial charge is 0.212 e. The van der Waals surface area contributed by atoms with E-state index in [1.165, 1.54) is 5.56 Å². The summed E-state index contributed by atoms with van der Waals surface area (Å²) in [7, 11) is 3.64. The number of ether oxygens (including phenoxy) is 1. The van der Waals surface area contributed by atoms with E-state index in [1.807, 2.05) is 19.3 Å². The van der Waals surface area contributed by atoms with Gasteiger partial charge in [0.25, 0.3) is 0 Å². The lowest BCUT2D eigenvalue weighted by atomic mass is 9.83. The van der Waals surface area contributed by atoms with Gasteiger partial charge < -0.3 is 10.1 Å². The third kappa shape index (κ3) is 3.49. The van der Waals surface area contributed by atoms with Crippen LogP contribution in [0.4, 0.5) is 0 Å². The van der Waals surface area contributed by atoms with Crippen LogP contribution in [0.15, 0.2) is 18.3 Å². The summed E-state index contributed by atoms with van der Waals surface area (Å²) in [6.07, 6.45) is 2.87. The van der Waals surface area contributed by atoms with E-state index in [4.69, 9.17) is 4.74 Å². The Kier molecular flexibility index (Phi) is 4.30. The second-order valence-electron chi connectivity index (χ2n) is 5.12. The van der Waals surface area contributed by atoms with Gasteiger partial charge in [-0.2, -0.15) is 0 Å². The van der Waals surface area contributed by atoms with Crippen LogP contribution >= 0.6 is 0 Å². The van der Waals surface area contributed by atoms with E-state index < -0.39 is 0 Å². The molecule has 90 valence electrons. The minimum atomic E-state index is 0.245. The molecular formula is C13H22N2O. The largest absolute Gasteiger partial charge is 0.481 e. The molecule has 1 aromatic heterocycles. The second kappa shape index (κ2) is 5.30. The highest BCUT2D eigenvalue weighted by atomic mass is 16.5. The Bertz CT molecular complexity index is 314. The second-order valence-corrected chi connectivity index (χ2v) is 5.12. The zero-order valence-electron chi connectivity index (χ0n) is 10.9. The highest BCUT2D eigenvalue weighted by Crippen LogP contribution is 2.22. The summed E-state index contributed by atoms with van der Waals surface area (Å²) < 4.78 is 5.04. The molecule has 1 unspecified atom stereocenters. The molecule has 0 fully saturated rings. The van der Waals surface area contributed by atoms with Crippen LogP contribution in [0.3, 0.4) is 0 Å². The van der Waals surface area contributed by atoms with Crippen LogP contribution in [0.25, 0.3) is 0 Å². The molecule has 0 saturated carbocycles. The number of likely N-dealkylation sites (N-methyl/N-ethyl adjacent to an activating group) is 1. The first-order valence-electron chi connectivity index (χ1n) is 5.63. The van der Waals surface area contributed by atoms with Crippen molar-refractivity contribution in [2.75, 3.05) is 14.2 Å². The van der Waals surface area contributed by atoms with E-state index in [1.54, 1.807) is 7.11 Å². The van der Waals surface area contributed by atoms with Crippen molar-refractivity contribution >= 4 is 0 Å². The molecule has 16 heavy (non-hydrogen) atoms. The van der Waals surface area contributed by atoms with Crippen molar-refractivity contribution < 1.29 is 4.74 Å².